The molecule has 0 N–H and O–H groups in total. The van der Waals surface area contributed by atoms with Gasteiger partial charge in [-0.05, 0) is 63.3 Å². The molecule has 1 fully saturated rings. The van der Waals surface area contributed by atoms with Gasteiger partial charge in [-0.25, -0.2) is 0 Å². The van der Waals surface area contributed by atoms with Gasteiger partial charge in [0.2, 0.25) is 5.91 Å². The van der Waals surface area contributed by atoms with Crippen LogP contribution in [-0.2, 0) is 11.2 Å². The summed E-state index contributed by atoms with van der Waals surface area (Å²) in [7, 11) is 0. The van der Waals surface area contributed by atoms with Crippen LogP contribution in [0.2, 0.25) is 0 Å². The van der Waals surface area contributed by atoms with Crippen molar-refractivity contribution in [3.8, 4) is 0 Å². The number of piperidine rings is 1. The number of nitrogens with zero attached hydrogens (tertiary/aromatic N) is 2. The second-order valence-electron chi connectivity index (χ2n) is 8.18. The van der Waals surface area contributed by atoms with E-state index in [-0.39, 0.29) is 17.7 Å². The molecule has 0 saturated carbocycles. The van der Waals surface area contributed by atoms with E-state index in [1.165, 1.54) is 11.1 Å². The molecule has 2 aliphatic rings. The van der Waals surface area contributed by atoms with Crippen molar-refractivity contribution >= 4 is 17.5 Å². The molecule has 2 amide bonds. The minimum absolute atomic E-state index is 0.0344. The molecule has 2 aromatic rings. The Bertz CT molecular complexity index is 888. The molecule has 1 saturated heterocycles. The van der Waals surface area contributed by atoms with E-state index in [1.54, 1.807) is 0 Å². The highest BCUT2D eigenvalue weighted by Gasteiger charge is 2.33. The van der Waals surface area contributed by atoms with Crippen molar-refractivity contribution in [3.05, 3.63) is 64.7 Å². The summed E-state index contributed by atoms with van der Waals surface area (Å²) in [5.41, 5.74) is 5.41. The standard InChI is InChI=1S/C24H28N2O2/c1-17-7-10-19(11-8-17)23(27)25-13-3-6-21(16-25)24(28)26-14-4-5-20-15-18(2)9-12-22(20)26/h7-12,15,21H,3-6,13-14,16H2,1-2H3. The number of carbonyl (C=O) groups excluding carboxylic acids is 2. The van der Waals surface area contributed by atoms with Crippen LogP contribution in [0.4, 0.5) is 5.69 Å². The van der Waals surface area contributed by atoms with E-state index >= 15 is 0 Å². The summed E-state index contributed by atoms with van der Waals surface area (Å²) in [6.45, 7) is 6.13. The quantitative estimate of drug-likeness (QED) is 0.790. The van der Waals surface area contributed by atoms with E-state index in [0.29, 0.717) is 12.1 Å². The predicted octanol–water partition coefficient (Wildman–Crippen LogP) is 4.14. The van der Waals surface area contributed by atoms with E-state index < -0.39 is 0 Å². The number of fused-ring (bicyclic) bond motifs is 1. The molecular formula is C24H28N2O2. The molecule has 0 bridgehead atoms. The smallest absolute Gasteiger partial charge is 0.253 e. The van der Waals surface area contributed by atoms with Crippen molar-refractivity contribution in [1.29, 1.82) is 0 Å². The fourth-order valence-electron chi connectivity index (χ4n) is 4.42. The number of amides is 2. The lowest BCUT2D eigenvalue weighted by Gasteiger charge is -2.37. The van der Waals surface area contributed by atoms with Gasteiger partial charge in [-0.2, -0.15) is 0 Å². The summed E-state index contributed by atoms with van der Waals surface area (Å²) in [5.74, 6) is 0.0915. The van der Waals surface area contributed by atoms with Crippen LogP contribution in [0.15, 0.2) is 42.5 Å². The third-order valence-corrected chi connectivity index (χ3v) is 5.98. The first-order chi connectivity index (χ1) is 13.5. The lowest BCUT2D eigenvalue weighted by Crippen LogP contribution is -2.48. The maximum Gasteiger partial charge on any atom is 0.253 e. The fraction of sp³-hybridized carbons (Fsp3) is 0.417. The highest BCUT2D eigenvalue weighted by molar-refractivity contribution is 5.98. The highest BCUT2D eigenvalue weighted by Crippen LogP contribution is 2.31. The number of likely N-dealkylation sites (tertiary alicyclic amines) is 1. The van der Waals surface area contributed by atoms with Crippen LogP contribution in [0.1, 0.15) is 46.3 Å². The second-order valence-corrected chi connectivity index (χ2v) is 8.18. The number of anilines is 1. The molecule has 1 atom stereocenters. The minimum atomic E-state index is -0.115. The van der Waals surface area contributed by atoms with Gasteiger partial charge in [0.05, 0.1) is 5.92 Å². The topological polar surface area (TPSA) is 40.6 Å². The van der Waals surface area contributed by atoms with Crippen molar-refractivity contribution in [3.63, 3.8) is 0 Å². The van der Waals surface area contributed by atoms with E-state index in [1.807, 2.05) is 41.0 Å². The Morgan fingerprint density at radius 2 is 1.68 bits per heavy atom. The number of aryl methyl sites for hydroxylation is 3. The molecule has 28 heavy (non-hydrogen) atoms. The molecule has 0 radical (unpaired) electrons. The van der Waals surface area contributed by atoms with Crippen LogP contribution >= 0.6 is 0 Å². The van der Waals surface area contributed by atoms with Gasteiger partial charge in [-0.3, -0.25) is 9.59 Å². The maximum atomic E-state index is 13.3. The average molecular weight is 377 g/mol. The van der Waals surface area contributed by atoms with Crippen molar-refractivity contribution in [1.82, 2.24) is 4.90 Å². The lowest BCUT2D eigenvalue weighted by atomic mass is 9.93. The van der Waals surface area contributed by atoms with Gasteiger partial charge in [0.1, 0.15) is 0 Å². The third-order valence-electron chi connectivity index (χ3n) is 5.98. The second kappa shape index (κ2) is 7.78. The number of rotatable bonds is 2. The Labute approximate surface area is 167 Å². The first kappa shape index (κ1) is 18.7. The van der Waals surface area contributed by atoms with E-state index in [9.17, 15) is 9.59 Å². The third kappa shape index (κ3) is 3.68. The van der Waals surface area contributed by atoms with Gasteiger partial charge in [0, 0.05) is 30.9 Å². The van der Waals surface area contributed by atoms with Gasteiger partial charge >= 0.3 is 0 Å². The highest BCUT2D eigenvalue weighted by atomic mass is 16.2. The van der Waals surface area contributed by atoms with Gasteiger partial charge < -0.3 is 9.80 Å². The normalized spacial score (nSPS) is 19.3. The molecule has 2 aliphatic heterocycles. The van der Waals surface area contributed by atoms with Crippen molar-refractivity contribution in [2.45, 2.75) is 39.5 Å². The summed E-state index contributed by atoms with van der Waals surface area (Å²) < 4.78 is 0. The Hall–Kier alpha value is -2.62. The molecule has 4 heteroatoms. The summed E-state index contributed by atoms with van der Waals surface area (Å²) in [5, 5.41) is 0. The number of benzene rings is 2. The molecular weight excluding hydrogens is 348 g/mol. The molecule has 4 rings (SSSR count). The van der Waals surface area contributed by atoms with Gasteiger partial charge in [-0.15, -0.1) is 0 Å². The zero-order valence-corrected chi connectivity index (χ0v) is 16.8. The maximum absolute atomic E-state index is 13.3. The average Bonchev–Trinajstić information content (AvgIpc) is 2.72. The van der Waals surface area contributed by atoms with Crippen LogP contribution in [0.25, 0.3) is 0 Å². The zero-order valence-electron chi connectivity index (χ0n) is 16.8. The lowest BCUT2D eigenvalue weighted by molar-refractivity contribution is -0.123. The molecule has 2 heterocycles. The first-order valence-corrected chi connectivity index (χ1v) is 10.3. The Kier molecular flexibility index (Phi) is 5.21. The van der Waals surface area contributed by atoms with E-state index in [4.69, 9.17) is 0 Å². The monoisotopic (exact) mass is 376 g/mol. The van der Waals surface area contributed by atoms with Crippen LogP contribution in [-0.4, -0.2) is 36.3 Å². The van der Waals surface area contributed by atoms with Gasteiger partial charge in [-0.1, -0.05) is 35.4 Å². The Morgan fingerprint density at radius 1 is 0.929 bits per heavy atom. The molecule has 2 aromatic carbocycles. The van der Waals surface area contributed by atoms with Crippen molar-refractivity contribution < 1.29 is 9.59 Å². The summed E-state index contributed by atoms with van der Waals surface area (Å²) in [6, 6.07) is 14.1. The molecule has 0 spiro atoms. The predicted molar refractivity (Wildman–Crippen MR) is 112 cm³/mol. The summed E-state index contributed by atoms with van der Waals surface area (Å²) in [4.78, 5) is 30.0. The fourth-order valence-corrected chi connectivity index (χ4v) is 4.42. The SMILES string of the molecule is Cc1ccc(C(=O)N2CCCC(C(=O)N3CCCc4cc(C)ccc43)C2)cc1. The summed E-state index contributed by atoms with van der Waals surface area (Å²) in [6.07, 6.45) is 3.77. The largest absolute Gasteiger partial charge is 0.338 e. The minimum Gasteiger partial charge on any atom is -0.338 e. The van der Waals surface area contributed by atoms with Gasteiger partial charge in [0.25, 0.3) is 5.91 Å². The molecule has 4 nitrogen and oxygen atoms in total. The van der Waals surface area contributed by atoms with Crippen LogP contribution in [0, 0.1) is 19.8 Å². The molecule has 0 aliphatic carbocycles. The van der Waals surface area contributed by atoms with Crippen molar-refractivity contribution in [2.75, 3.05) is 24.5 Å². The molecule has 1 unspecified atom stereocenters. The number of hydrogen-bond donors (Lipinski definition) is 0. The van der Waals surface area contributed by atoms with Crippen LogP contribution in [0.5, 0.6) is 0 Å². The van der Waals surface area contributed by atoms with E-state index in [0.717, 1.165) is 50.0 Å². The Balaban J connectivity index is 1.50. The zero-order chi connectivity index (χ0) is 19.7. The van der Waals surface area contributed by atoms with Crippen LogP contribution < -0.4 is 4.90 Å². The van der Waals surface area contributed by atoms with Crippen molar-refractivity contribution in [2.24, 2.45) is 5.92 Å². The Morgan fingerprint density at radius 3 is 2.46 bits per heavy atom. The van der Waals surface area contributed by atoms with Crippen LogP contribution in [0.3, 0.4) is 0 Å². The first-order valence-electron chi connectivity index (χ1n) is 10.3. The molecule has 0 aromatic heterocycles. The van der Waals surface area contributed by atoms with Gasteiger partial charge in [0.15, 0.2) is 0 Å². The number of hydrogen-bond acceptors (Lipinski definition) is 2. The summed E-state index contributed by atoms with van der Waals surface area (Å²) >= 11 is 0. The number of carbonyl (C=O) groups is 2. The van der Waals surface area contributed by atoms with E-state index in [2.05, 4.69) is 25.1 Å². The molecule has 146 valence electrons.